The van der Waals surface area contributed by atoms with Crippen LogP contribution in [0.1, 0.15) is 35.7 Å². The smallest absolute Gasteiger partial charge is 0.450 e. The first kappa shape index (κ1) is 12.6. The Morgan fingerprint density at radius 1 is 1.44 bits per heavy atom. The molecule has 0 spiro atoms. The maximum atomic E-state index is 12.5. The summed E-state index contributed by atoms with van der Waals surface area (Å²) in [6, 6.07) is 1.07. The van der Waals surface area contributed by atoms with Crippen molar-refractivity contribution in [2.24, 2.45) is 0 Å². The lowest BCUT2D eigenvalue weighted by atomic mass is 10.2. The van der Waals surface area contributed by atoms with Gasteiger partial charge in [-0.15, -0.1) is 0 Å². The molecule has 0 aliphatic rings. The van der Waals surface area contributed by atoms with Gasteiger partial charge < -0.3 is 9.15 Å². The van der Waals surface area contributed by atoms with Gasteiger partial charge in [-0.25, -0.2) is 4.79 Å². The van der Waals surface area contributed by atoms with E-state index >= 15 is 0 Å². The summed E-state index contributed by atoms with van der Waals surface area (Å²) in [5.74, 6) is -2.20. The van der Waals surface area contributed by atoms with E-state index in [4.69, 9.17) is 0 Å². The fraction of sp³-hybridized carbons (Fsp3) is 0.500. The second-order valence-corrected chi connectivity index (χ2v) is 3.03. The molecule has 1 aromatic heterocycles. The molecule has 1 rings (SSSR count). The normalized spacial score (nSPS) is 11.6. The fourth-order valence-corrected chi connectivity index (χ4v) is 1.19. The lowest BCUT2D eigenvalue weighted by Gasteiger charge is -2.05. The molecule has 0 atom stereocenters. The Morgan fingerprint density at radius 3 is 2.50 bits per heavy atom. The van der Waals surface area contributed by atoms with Crippen LogP contribution in [0.5, 0.6) is 0 Å². The topological polar surface area (TPSA) is 39.4 Å². The molecule has 0 fully saturated rings. The molecule has 6 heteroatoms. The molecular formula is C10H11F3O3. The maximum Gasteiger partial charge on any atom is 0.450 e. The Hall–Kier alpha value is -1.46. The van der Waals surface area contributed by atoms with Gasteiger partial charge >= 0.3 is 12.1 Å². The third-order valence-corrected chi connectivity index (χ3v) is 1.88. The van der Waals surface area contributed by atoms with E-state index < -0.39 is 23.5 Å². The molecule has 0 aliphatic carbocycles. The number of alkyl halides is 3. The molecule has 16 heavy (non-hydrogen) atoms. The maximum absolute atomic E-state index is 12.5. The van der Waals surface area contributed by atoms with Gasteiger partial charge in [0.25, 0.3) is 0 Å². The number of esters is 1. The van der Waals surface area contributed by atoms with Gasteiger partial charge in [0.05, 0.1) is 6.61 Å². The van der Waals surface area contributed by atoms with Crippen LogP contribution in [0.3, 0.4) is 0 Å². The van der Waals surface area contributed by atoms with E-state index in [1.807, 2.05) is 0 Å². The first-order valence-electron chi connectivity index (χ1n) is 4.77. The largest absolute Gasteiger partial charge is 0.462 e. The summed E-state index contributed by atoms with van der Waals surface area (Å²) in [4.78, 5) is 11.3. The molecule has 0 unspecified atom stereocenters. The average molecular weight is 236 g/mol. The Labute approximate surface area is 90.2 Å². The van der Waals surface area contributed by atoms with Crippen molar-refractivity contribution in [3.05, 3.63) is 23.2 Å². The summed E-state index contributed by atoms with van der Waals surface area (Å²) in [7, 11) is 0. The number of carbonyl (C=O) groups is 1. The van der Waals surface area contributed by atoms with Crippen LogP contribution in [-0.4, -0.2) is 12.6 Å². The SMILES string of the molecule is CCOC(=O)c1cc(CC)oc1C(F)(F)F. The third-order valence-electron chi connectivity index (χ3n) is 1.88. The van der Waals surface area contributed by atoms with Crippen LogP contribution in [0, 0.1) is 0 Å². The summed E-state index contributed by atoms with van der Waals surface area (Å²) < 4.78 is 46.6. The highest BCUT2D eigenvalue weighted by Crippen LogP contribution is 2.34. The van der Waals surface area contributed by atoms with Crippen molar-refractivity contribution in [3.63, 3.8) is 0 Å². The van der Waals surface area contributed by atoms with Crippen LogP contribution in [0.4, 0.5) is 13.2 Å². The van der Waals surface area contributed by atoms with Gasteiger partial charge in [-0.3, -0.25) is 0 Å². The standard InChI is InChI=1S/C10H11F3O3/c1-3-6-5-7(9(14)15-4-2)8(16-6)10(11,12)13/h5H,3-4H2,1-2H3. The number of halogens is 3. The average Bonchev–Trinajstić information content (AvgIpc) is 2.61. The number of hydrogen-bond acceptors (Lipinski definition) is 3. The highest BCUT2D eigenvalue weighted by Gasteiger charge is 2.40. The van der Waals surface area contributed by atoms with Crippen LogP contribution >= 0.6 is 0 Å². The van der Waals surface area contributed by atoms with Gasteiger partial charge in [0.2, 0.25) is 5.76 Å². The van der Waals surface area contributed by atoms with Crippen LogP contribution in [0.25, 0.3) is 0 Å². The molecule has 0 saturated heterocycles. The van der Waals surface area contributed by atoms with E-state index in [0.29, 0.717) is 0 Å². The molecule has 1 aromatic rings. The van der Waals surface area contributed by atoms with E-state index in [0.717, 1.165) is 6.07 Å². The lowest BCUT2D eigenvalue weighted by molar-refractivity contribution is -0.154. The van der Waals surface area contributed by atoms with E-state index in [1.165, 1.54) is 6.92 Å². The van der Waals surface area contributed by atoms with Crippen molar-refractivity contribution in [1.29, 1.82) is 0 Å². The Morgan fingerprint density at radius 2 is 2.06 bits per heavy atom. The molecule has 0 aromatic carbocycles. The highest BCUT2D eigenvalue weighted by molar-refractivity contribution is 5.90. The van der Waals surface area contributed by atoms with Crippen LogP contribution in [0.2, 0.25) is 0 Å². The summed E-state index contributed by atoms with van der Waals surface area (Å²) >= 11 is 0. The molecule has 0 N–H and O–H groups in total. The summed E-state index contributed by atoms with van der Waals surface area (Å²) in [5.41, 5.74) is -0.564. The summed E-state index contributed by atoms with van der Waals surface area (Å²) in [6.45, 7) is 3.17. The fourth-order valence-electron chi connectivity index (χ4n) is 1.19. The van der Waals surface area contributed by atoms with E-state index in [2.05, 4.69) is 9.15 Å². The molecular weight excluding hydrogens is 225 g/mol. The predicted molar refractivity (Wildman–Crippen MR) is 49.0 cm³/mol. The predicted octanol–water partition coefficient (Wildman–Crippen LogP) is 3.04. The zero-order chi connectivity index (χ0) is 12.3. The van der Waals surface area contributed by atoms with Crippen molar-refractivity contribution in [3.8, 4) is 0 Å². The summed E-state index contributed by atoms with van der Waals surface area (Å²) in [6.07, 6.45) is -4.40. The van der Waals surface area contributed by atoms with Crippen molar-refractivity contribution in [2.45, 2.75) is 26.4 Å². The minimum absolute atomic E-state index is 0.0166. The minimum Gasteiger partial charge on any atom is -0.462 e. The molecule has 3 nitrogen and oxygen atoms in total. The zero-order valence-electron chi connectivity index (χ0n) is 8.85. The molecule has 0 amide bonds. The van der Waals surface area contributed by atoms with Gasteiger partial charge in [0.1, 0.15) is 11.3 Å². The number of ether oxygens (including phenoxy) is 1. The Bertz CT molecular complexity index is 379. The third kappa shape index (κ3) is 2.56. The van der Waals surface area contributed by atoms with Gasteiger partial charge in [-0.1, -0.05) is 6.92 Å². The second kappa shape index (κ2) is 4.59. The minimum atomic E-state index is -4.69. The Balaban J connectivity index is 3.15. The number of carbonyl (C=O) groups excluding carboxylic acids is 1. The molecule has 0 aliphatic heterocycles. The Kier molecular flexibility index (Phi) is 3.62. The van der Waals surface area contributed by atoms with E-state index in [1.54, 1.807) is 6.92 Å². The molecule has 0 radical (unpaired) electrons. The van der Waals surface area contributed by atoms with Crippen molar-refractivity contribution >= 4 is 5.97 Å². The van der Waals surface area contributed by atoms with Gasteiger partial charge in [0, 0.05) is 6.42 Å². The second-order valence-electron chi connectivity index (χ2n) is 3.03. The molecule has 0 saturated carbocycles. The van der Waals surface area contributed by atoms with Crippen LogP contribution in [0.15, 0.2) is 10.5 Å². The molecule has 0 bridgehead atoms. The zero-order valence-corrected chi connectivity index (χ0v) is 8.85. The van der Waals surface area contributed by atoms with E-state index in [9.17, 15) is 18.0 Å². The monoisotopic (exact) mass is 236 g/mol. The first-order valence-corrected chi connectivity index (χ1v) is 4.77. The van der Waals surface area contributed by atoms with Crippen molar-refractivity contribution in [1.82, 2.24) is 0 Å². The number of aryl methyl sites for hydroxylation is 1. The van der Waals surface area contributed by atoms with Crippen molar-refractivity contribution in [2.75, 3.05) is 6.61 Å². The summed E-state index contributed by atoms with van der Waals surface area (Å²) in [5, 5.41) is 0. The van der Waals surface area contributed by atoms with E-state index in [-0.39, 0.29) is 18.8 Å². The number of rotatable bonds is 3. The molecule has 1 heterocycles. The van der Waals surface area contributed by atoms with Gasteiger partial charge in [-0.05, 0) is 13.0 Å². The number of furan rings is 1. The first-order chi connectivity index (χ1) is 7.40. The van der Waals surface area contributed by atoms with Crippen LogP contribution in [-0.2, 0) is 17.3 Å². The van der Waals surface area contributed by atoms with Gasteiger partial charge in [0.15, 0.2) is 0 Å². The molecule has 90 valence electrons. The lowest BCUT2D eigenvalue weighted by Crippen LogP contribution is -2.12. The van der Waals surface area contributed by atoms with Gasteiger partial charge in [-0.2, -0.15) is 13.2 Å². The van der Waals surface area contributed by atoms with Crippen LogP contribution < -0.4 is 0 Å². The van der Waals surface area contributed by atoms with Crippen molar-refractivity contribution < 1.29 is 27.1 Å². The number of hydrogen-bond donors (Lipinski definition) is 0. The quantitative estimate of drug-likeness (QED) is 0.757. The highest BCUT2D eigenvalue weighted by atomic mass is 19.4.